The van der Waals surface area contributed by atoms with Gasteiger partial charge >= 0.3 is 0 Å². The van der Waals surface area contributed by atoms with Gasteiger partial charge in [-0.15, -0.1) is 0 Å². The lowest BCUT2D eigenvalue weighted by Crippen LogP contribution is -2.28. The van der Waals surface area contributed by atoms with E-state index in [1.165, 1.54) is 5.56 Å². The maximum absolute atomic E-state index is 5.98. The highest BCUT2D eigenvalue weighted by Gasteiger charge is 2.17. The Morgan fingerprint density at radius 1 is 1.18 bits per heavy atom. The van der Waals surface area contributed by atoms with E-state index in [4.69, 9.17) is 5.73 Å². The first kappa shape index (κ1) is 10.4. The standard InChI is InChI=1S/C14H15N3/c15-12-7-6-11-9-16-14(17-13(11)8-12)10-4-2-1-3-5-10/h1-5,9,12H,6-8,15H2/t12-/m0/s1. The fraction of sp³-hybridized carbons (Fsp3) is 0.286. The highest BCUT2D eigenvalue weighted by Crippen LogP contribution is 2.21. The highest BCUT2D eigenvalue weighted by atomic mass is 14.9. The Morgan fingerprint density at radius 2 is 2.00 bits per heavy atom. The molecule has 1 aliphatic carbocycles. The van der Waals surface area contributed by atoms with E-state index in [1.807, 2.05) is 36.5 Å². The van der Waals surface area contributed by atoms with E-state index in [-0.39, 0.29) is 6.04 Å². The van der Waals surface area contributed by atoms with Crippen molar-refractivity contribution in [2.45, 2.75) is 25.3 Å². The molecule has 1 heterocycles. The third-order valence-electron chi connectivity index (χ3n) is 3.23. The normalized spacial score (nSPS) is 18.8. The number of fused-ring (bicyclic) bond motifs is 1. The molecule has 3 nitrogen and oxygen atoms in total. The van der Waals surface area contributed by atoms with Crippen molar-refractivity contribution in [3.05, 3.63) is 47.8 Å². The Morgan fingerprint density at radius 3 is 2.82 bits per heavy atom. The van der Waals surface area contributed by atoms with E-state index >= 15 is 0 Å². The van der Waals surface area contributed by atoms with Crippen LogP contribution < -0.4 is 5.73 Å². The van der Waals surface area contributed by atoms with Gasteiger partial charge in [0.2, 0.25) is 0 Å². The summed E-state index contributed by atoms with van der Waals surface area (Å²) in [5, 5.41) is 0. The molecule has 0 saturated heterocycles. The molecule has 3 rings (SSSR count). The van der Waals surface area contributed by atoms with Crippen LogP contribution in [0.4, 0.5) is 0 Å². The van der Waals surface area contributed by atoms with Gasteiger partial charge in [-0.2, -0.15) is 0 Å². The summed E-state index contributed by atoms with van der Waals surface area (Å²) >= 11 is 0. The molecule has 2 aromatic rings. The molecule has 0 saturated carbocycles. The molecular formula is C14H15N3. The second kappa shape index (κ2) is 4.26. The van der Waals surface area contributed by atoms with Crippen LogP contribution in [0.5, 0.6) is 0 Å². The lowest BCUT2D eigenvalue weighted by molar-refractivity contribution is 0.563. The molecule has 0 amide bonds. The van der Waals surface area contributed by atoms with Gasteiger partial charge in [0.05, 0.1) is 0 Å². The van der Waals surface area contributed by atoms with Gasteiger partial charge in [-0.3, -0.25) is 0 Å². The topological polar surface area (TPSA) is 51.8 Å². The molecule has 0 bridgehead atoms. The molecule has 3 heteroatoms. The molecule has 1 atom stereocenters. The summed E-state index contributed by atoms with van der Waals surface area (Å²) in [6, 6.07) is 10.3. The molecule has 0 fully saturated rings. The van der Waals surface area contributed by atoms with Crippen LogP contribution in [-0.2, 0) is 12.8 Å². The van der Waals surface area contributed by atoms with Gasteiger partial charge in [0.1, 0.15) is 0 Å². The Bertz CT molecular complexity index is 522. The number of nitrogens with zero attached hydrogens (tertiary/aromatic N) is 2. The highest BCUT2D eigenvalue weighted by molar-refractivity contribution is 5.54. The quantitative estimate of drug-likeness (QED) is 0.807. The van der Waals surface area contributed by atoms with Gasteiger partial charge in [0.25, 0.3) is 0 Å². The van der Waals surface area contributed by atoms with Crippen LogP contribution in [0.1, 0.15) is 17.7 Å². The van der Waals surface area contributed by atoms with Crippen molar-refractivity contribution in [1.29, 1.82) is 0 Å². The average molecular weight is 225 g/mol. The molecule has 0 aliphatic heterocycles. The van der Waals surface area contributed by atoms with Crippen molar-refractivity contribution in [2.75, 3.05) is 0 Å². The largest absolute Gasteiger partial charge is 0.327 e. The summed E-state index contributed by atoms with van der Waals surface area (Å²) < 4.78 is 0. The minimum atomic E-state index is 0.251. The number of hydrogen-bond donors (Lipinski definition) is 1. The first-order valence-corrected chi connectivity index (χ1v) is 5.99. The van der Waals surface area contributed by atoms with E-state index in [9.17, 15) is 0 Å². The van der Waals surface area contributed by atoms with Gasteiger partial charge in [-0.25, -0.2) is 9.97 Å². The van der Waals surface area contributed by atoms with E-state index in [0.717, 1.165) is 36.3 Å². The van der Waals surface area contributed by atoms with Crippen molar-refractivity contribution in [3.8, 4) is 11.4 Å². The molecule has 86 valence electrons. The molecule has 0 unspecified atom stereocenters. The minimum Gasteiger partial charge on any atom is -0.327 e. The van der Waals surface area contributed by atoms with Crippen LogP contribution in [0.3, 0.4) is 0 Å². The summed E-state index contributed by atoms with van der Waals surface area (Å²) in [6.07, 6.45) is 4.88. The summed E-state index contributed by atoms with van der Waals surface area (Å²) in [4.78, 5) is 9.08. The summed E-state index contributed by atoms with van der Waals surface area (Å²) in [7, 11) is 0. The maximum atomic E-state index is 5.98. The van der Waals surface area contributed by atoms with Crippen LogP contribution in [-0.4, -0.2) is 16.0 Å². The summed E-state index contributed by atoms with van der Waals surface area (Å²) in [5.41, 5.74) is 9.42. The van der Waals surface area contributed by atoms with Crippen molar-refractivity contribution < 1.29 is 0 Å². The predicted octanol–water partition coefficient (Wildman–Crippen LogP) is 1.96. The summed E-state index contributed by atoms with van der Waals surface area (Å²) in [6.45, 7) is 0. The van der Waals surface area contributed by atoms with Crippen molar-refractivity contribution in [1.82, 2.24) is 9.97 Å². The first-order chi connectivity index (χ1) is 8.33. The van der Waals surface area contributed by atoms with Crippen molar-refractivity contribution >= 4 is 0 Å². The van der Waals surface area contributed by atoms with E-state index in [1.54, 1.807) is 0 Å². The second-order valence-electron chi connectivity index (χ2n) is 4.53. The smallest absolute Gasteiger partial charge is 0.159 e. The zero-order valence-corrected chi connectivity index (χ0v) is 9.63. The molecule has 1 aromatic heterocycles. The Hall–Kier alpha value is -1.74. The van der Waals surface area contributed by atoms with Gasteiger partial charge in [0.15, 0.2) is 5.82 Å². The van der Waals surface area contributed by atoms with Crippen LogP contribution in [0.25, 0.3) is 11.4 Å². The fourth-order valence-corrected chi connectivity index (χ4v) is 2.25. The fourth-order valence-electron chi connectivity index (χ4n) is 2.25. The monoisotopic (exact) mass is 225 g/mol. The zero-order chi connectivity index (χ0) is 11.7. The third kappa shape index (κ3) is 2.06. The maximum Gasteiger partial charge on any atom is 0.159 e. The lowest BCUT2D eigenvalue weighted by Gasteiger charge is -2.20. The molecule has 17 heavy (non-hydrogen) atoms. The number of aryl methyl sites for hydroxylation is 1. The molecule has 1 aliphatic rings. The Kier molecular flexibility index (Phi) is 2.61. The lowest BCUT2D eigenvalue weighted by atomic mass is 9.93. The Balaban J connectivity index is 2.01. The van der Waals surface area contributed by atoms with Gasteiger partial charge in [-0.1, -0.05) is 30.3 Å². The third-order valence-corrected chi connectivity index (χ3v) is 3.23. The molecule has 0 spiro atoms. The molecule has 2 N–H and O–H groups in total. The average Bonchev–Trinajstić information content (AvgIpc) is 2.39. The van der Waals surface area contributed by atoms with Crippen molar-refractivity contribution in [2.24, 2.45) is 5.73 Å². The molecule has 1 aromatic carbocycles. The number of rotatable bonds is 1. The van der Waals surface area contributed by atoms with Gasteiger partial charge in [-0.05, 0) is 18.4 Å². The van der Waals surface area contributed by atoms with Gasteiger partial charge in [0, 0.05) is 29.9 Å². The van der Waals surface area contributed by atoms with Gasteiger partial charge < -0.3 is 5.73 Å². The Labute approximate surface area is 101 Å². The molecule has 0 radical (unpaired) electrons. The van der Waals surface area contributed by atoms with Crippen LogP contribution >= 0.6 is 0 Å². The van der Waals surface area contributed by atoms with E-state index in [2.05, 4.69) is 9.97 Å². The minimum absolute atomic E-state index is 0.251. The summed E-state index contributed by atoms with van der Waals surface area (Å²) in [5.74, 6) is 0.804. The predicted molar refractivity (Wildman–Crippen MR) is 67.5 cm³/mol. The first-order valence-electron chi connectivity index (χ1n) is 5.99. The zero-order valence-electron chi connectivity index (χ0n) is 9.63. The number of hydrogen-bond acceptors (Lipinski definition) is 3. The van der Waals surface area contributed by atoms with Crippen LogP contribution in [0.15, 0.2) is 36.5 Å². The molecular weight excluding hydrogens is 210 g/mol. The van der Waals surface area contributed by atoms with Crippen molar-refractivity contribution in [3.63, 3.8) is 0 Å². The number of benzene rings is 1. The van der Waals surface area contributed by atoms with Crippen LogP contribution in [0.2, 0.25) is 0 Å². The number of nitrogens with two attached hydrogens (primary N) is 1. The SMILES string of the molecule is N[C@H]1CCc2cnc(-c3ccccc3)nc2C1. The van der Waals surface area contributed by atoms with E-state index < -0.39 is 0 Å². The van der Waals surface area contributed by atoms with E-state index in [0.29, 0.717) is 0 Å². The second-order valence-corrected chi connectivity index (χ2v) is 4.53. The number of aromatic nitrogens is 2. The van der Waals surface area contributed by atoms with Crippen LogP contribution in [0, 0.1) is 0 Å².